The molecule has 0 aromatic carbocycles. The molecule has 0 heterocycles. The number of hydrogen-bond acceptors (Lipinski definition) is 4. The molecule has 0 aliphatic rings. The Bertz CT molecular complexity index is 230. The van der Waals surface area contributed by atoms with Crippen molar-refractivity contribution >= 4 is 7.82 Å². The Labute approximate surface area is 75.6 Å². The van der Waals surface area contributed by atoms with Crippen LogP contribution in [0.4, 0.5) is 22.0 Å². The average molecular weight is 244 g/mol. The molecule has 86 valence electrons. The van der Waals surface area contributed by atoms with Gasteiger partial charge in [0.2, 0.25) is 0 Å². The second-order valence-electron chi connectivity index (χ2n) is 1.92. The highest BCUT2D eigenvalue weighted by Crippen LogP contribution is 2.55. The molecule has 10 heteroatoms. The van der Waals surface area contributed by atoms with Crippen LogP contribution in [0.5, 0.6) is 0 Å². The second-order valence-corrected chi connectivity index (χ2v) is 3.73. The minimum absolute atomic E-state index is 0.608. The summed E-state index contributed by atoms with van der Waals surface area (Å²) in [6.07, 6.45) is -11.6. The summed E-state index contributed by atoms with van der Waals surface area (Å²) in [6.45, 7) is 0. The van der Waals surface area contributed by atoms with Crippen LogP contribution in [0.25, 0.3) is 0 Å². The molecule has 0 saturated heterocycles. The highest BCUT2D eigenvalue weighted by atomic mass is 31.2. The van der Waals surface area contributed by atoms with E-state index >= 15 is 0 Å². The predicted octanol–water partition coefficient (Wildman–Crippen LogP) is 2.56. The van der Waals surface area contributed by atoms with Gasteiger partial charge in [-0.2, -0.15) is 22.0 Å². The van der Waals surface area contributed by atoms with E-state index < -0.39 is 20.1 Å². The lowest BCUT2D eigenvalue weighted by molar-refractivity contribution is -0.365. The van der Waals surface area contributed by atoms with Crippen molar-refractivity contribution < 1.29 is 40.1 Å². The van der Waals surface area contributed by atoms with Gasteiger partial charge in [-0.05, 0) is 0 Å². The molecule has 0 radical (unpaired) electrons. The lowest BCUT2D eigenvalue weighted by Gasteiger charge is -2.22. The Morgan fingerprint density at radius 2 is 1.36 bits per heavy atom. The van der Waals surface area contributed by atoms with Gasteiger partial charge in [0.05, 0.1) is 0 Å². The molecule has 0 atom stereocenters. The summed E-state index contributed by atoms with van der Waals surface area (Å²) in [6, 6.07) is 0. The molecule has 0 fully saturated rings. The summed E-state index contributed by atoms with van der Waals surface area (Å²) in [5.74, 6) is 0. The van der Waals surface area contributed by atoms with E-state index in [4.69, 9.17) is 0 Å². The van der Waals surface area contributed by atoms with E-state index in [0.29, 0.717) is 14.2 Å². The van der Waals surface area contributed by atoms with Crippen LogP contribution in [0.2, 0.25) is 0 Å². The molecule has 0 aromatic heterocycles. The van der Waals surface area contributed by atoms with Crippen LogP contribution in [0.15, 0.2) is 0 Å². The molecule has 0 aliphatic carbocycles. The molecular formula is C4H6F5O4P. The molecule has 0 aromatic rings. The minimum atomic E-state index is -5.99. The van der Waals surface area contributed by atoms with Crippen molar-refractivity contribution in [3.63, 3.8) is 0 Å². The first-order valence-corrected chi connectivity index (χ1v) is 4.41. The van der Waals surface area contributed by atoms with Crippen molar-refractivity contribution in [2.24, 2.45) is 0 Å². The maximum absolute atomic E-state index is 12.1. The van der Waals surface area contributed by atoms with Gasteiger partial charge in [0.1, 0.15) is 0 Å². The van der Waals surface area contributed by atoms with Crippen molar-refractivity contribution in [3.8, 4) is 0 Å². The standard InChI is InChI=1S/C4H6F5O4P/c1-11-14(10,12-2)13-4(8,9)3(5,6)7/h1-2H3. The molecule has 14 heavy (non-hydrogen) atoms. The van der Waals surface area contributed by atoms with E-state index in [1.807, 2.05) is 0 Å². The van der Waals surface area contributed by atoms with Crippen molar-refractivity contribution in [1.29, 1.82) is 0 Å². The zero-order valence-corrected chi connectivity index (χ0v) is 7.86. The van der Waals surface area contributed by atoms with E-state index in [1.165, 1.54) is 0 Å². The highest BCUT2D eigenvalue weighted by molar-refractivity contribution is 7.48. The Kier molecular flexibility index (Phi) is 4.02. The van der Waals surface area contributed by atoms with Crippen LogP contribution in [0, 0.1) is 0 Å². The molecule has 0 bridgehead atoms. The summed E-state index contributed by atoms with van der Waals surface area (Å²) in [5.41, 5.74) is 0. The molecular weight excluding hydrogens is 238 g/mol. The van der Waals surface area contributed by atoms with Gasteiger partial charge in [-0.3, -0.25) is 9.05 Å². The monoisotopic (exact) mass is 244 g/mol. The summed E-state index contributed by atoms with van der Waals surface area (Å²) >= 11 is 0. The highest BCUT2D eigenvalue weighted by Gasteiger charge is 2.63. The van der Waals surface area contributed by atoms with Crippen LogP contribution in [-0.2, 0) is 18.1 Å². The molecule has 0 unspecified atom stereocenters. The van der Waals surface area contributed by atoms with Crippen LogP contribution >= 0.6 is 7.82 Å². The SMILES string of the molecule is COP(=O)(OC)OC(F)(F)C(F)(F)F. The van der Waals surface area contributed by atoms with Crippen LogP contribution in [0.1, 0.15) is 0 Å². The molecule has 0 aliphatic heterocycles. The lowest BCUT2D eigenvalue weighted by atomic mass is 10.6. The quantitative estimate of drug-likeness (QED) is 0.563. The van der Waals surface area contributed by atoms with Gasteiger partial charge in [-0.1, -0.05) is 0 Å². The van der Waals surface area contributed by atoms with E-state index in [9.17, 15) is 26.5 Å². The van der Waals surface area contributed by atoms with E-state index in [0.717, 1.165) is 0 Å². The normalized spacial score (nSPS) is 14.5. The molecule has 0 rings (SSSR count). The van der Waals surface area contributed by atoms with Crippen molar-refractivity contribution in [2.45, 2.75) is 12.3 Å². The Balaban J connectivity index is 4.74. The van der Waals surface area contributed by atoms with Crippen molar-refractivity contribution in [3.05, 3.63) is 0 Å². The first kappa shape index (κ1) is 13.8. The number of phosphoric acid groups is 1. The fraction of sp³-hybridized carbons (Fsp3) is 1.00. The van der Waals surface area contributed by atoms with Crippen LogP contribution < -0.4 is 0 Å². The van der Waals surface area contributed by atoms with Gasteiger partial charge in [0, 0.05) is 14.2 Å². The smallest absolute Gasteiger partial charge is 0.290 e. The predicted molar refractivity (Wildman–Crippen MR) is 33.7 cm³/mol. The molecule has 4 nitrogen and oxygen atoms in total. The maximum atomic E-state index is 12.1. The summed E-state index contributed by atoms with van der Waals surface area (Å²) in [5, 5.41) is 0. The van der Waals surface area contributed by atoms with Gasteiger partial charge in [-0.15, -0.1) is 0 Å². The van der Waals surface area contributed by atoms with Crippen molar-refractivity contribution in [2.75, 3.05) is 14.2 Å². The molecule has 0 amide bonds. The number of hydrogen-bond donors (Lipinski definition) is 0. The Morgan fingerprint density at radius 1 is 1.00 bits per heavy atom. The minimum Gasteiger partial charge on any atom is -0.290 e. The van der Waals surface area contributed by atoms with Gasteiger partial charge < -0.3 is 0 Å². The molecule has 0 N–H and O–H groups in total. The number of halogens is 5. The maximum Gasteiger partial charge on any atom is 0.483 e. The number of alkyl halides is 5. The van der Waals surface area contributed by atoms with Gasteiger partial charge >= 0.3 is 20.1 Å². The lowest BCUT2D eigenvalue weighted by Crippen LogP contribution is -2.38. The van der Waals surface area contributed by atoms with Crippen LogP contribution in [-0.4, -0.2) is 26.5 Å². The Morgan fingerprint density at radius 3 is 1.57 bits per heavy atom. The number of phosphoric ester groups is 1. The molecule has 0 spiro atoms. The summed E-state index contributed by atoms with van der Waals surface area (Å²) in [7, 11) is -3.65. The fourth-order valence-corrected chi connectivity index (χ4v) is 1.02. The van der Waals surface area contributed by atoms with Gasteiger partial charge in [0.25, 0.3) is 0 Å². The zero-order valence-electron chi connectivity index (χ0n) is 6.97. The van der Waals surface area contributed by atoms with Gasteiger partial charge in [0.15, 0.2) is 0 Å². The summed E-state index contributed by atoms with van der Waals surface area (Å²) < 4.78 is 80.0. The van der Waals surface area contributed by atoms with E-state index in [1.54, 1.807) is 0 Å². The van der Waals surface area contributed by atoms with E-state index in [-0.39, 0.29) is 0 Å². The third kappa shape index (κ3) is 3.16. The zero-order chi connectivity index (χ0) is 11.6. The largest absolute Gasteiger partial charge is 0.483 e. The van der Waals surface area contributed by atoms with E-state index in [2.05, 4.69) is 13.6 Å². The number of rotatable bonds is 4. The first-order chi connectivity index (χ1) is 6.08. The van der Waals surface area contributed by atoms with Gasteiger partial charge in [-0.25, -0.2) is 9.09 Å². The second kappa shape index (κ2) is 4.09. The third-order valence-electron chi connectivity index (χ3n) is 1.00. The van der Waals surface area contributed by atoms with Crippen LogP contribution in [0.3, 0.4) is 0 Å². The first-order valence-electron chi connectivity index (χ1n) is 2.95. The third-order valence-corrected chi connectivity index (χ3v) is 2.35. The summed E-state index contributed by atoms with van der Waals surface area (Å²) in [4.78, 5) is 0. The molecule has 0 saturated carbocycles. The average Bonchev–Trinajstić information content (AvgIpc) is 2.01. The van der Waals surface area contributed by atoms with Crippen molar-refractivity contribution in [1.82, 2.24) is 0 Å². The fourth-order valence-electron chi connectivity index (χ4n) is 0.341. The topological polar surface area (TPSA) is 44.8 Å². The Hall–Kier alpha value is -0.240.